The van der Waals surface area contributed by atoms with Crippen molar-refractivity contribution in [2.45, 2.75) is 19.9 Å². The molecule has 2 aliphatic heterocycles. The second-order valence-corrected chi connectivity index (χ2v) is 7.90. The molecule has 2 aromatic rings. The number of guanidine groups is 1. The van der Waals surface area contributed by atoms with Gasteiger partial charge in [-0.3, -0.25) is 9.89 Å². The summed E-state index contributed by atoms with van der Waals surface area (Å²) < 4.78 is 11.4. The lowest BCUT2D eigenvalue weighted by Gasteiger charge is -2.29. The minimum absolute atomic E-state index is 0.531. The number of hydrogen-bond donors (Lipinski definition) is 1. The maximum Gasteiger partial charge on any atom is 0.214 e. The van der Waals surface area contributed by atoms with E-state index in [2.05, 4.69) is 56.3 Å². The maximum atomic E-state index is 5.92. The van der Waals surface area contributed by atoms with Gasteiger partial charge in [0.2, 0.25) is 5.89 Å². The van der Waals surface area contributed by atoms with Gasteiger partial charge in [0.05, 0.1) is 26.0 Å². The first-order valence-electron chi connectivity index (χ1n) is 10.5. The average molecular weight is 398 g/mol. The van der Waals surface area contributed by atoms with E-state index in [9.17, 15) is 0 Å². The van der Waals surface area contributed by atoms with Gasteiger partial charge < -0.3 is 19.4 Å². The van der Waals surface area contributed by atoms with Gasteiger partial charge in [-0.25, -0.2) is 4.98 Å². The first-order chi connectivity index (χ1) is 14.2. The van der Waals surface area contributed by atoms with Crippen LogP contribution in [0.25, 0.3) is 11.3 Å². The summed E-state index contributed by atoms with van der Waals surface area (Å²) in [4.78, 5) is 13.8. The maximum absolute atomic E-state index is 5.92. The van der Waals surface area contributed by atoms with Gasteiger partial charge in [-0.15, -0.1) is 0 Å². The van der Waals surface area contributed by atoms with E-state index in [0.29, 0.717) is 18.4 Å². The smallest absolute Gasteiger partial charge is 0.214 e. The van der Waals surface area contributed by atoms with Crippen LogP contribution in [-0.4, -0.2) is 73.7 Å². The van der Waals surface area contributed by atoms with Crippen molar-refractivity contribution in [3.63, 3.8) is 0 Å². The Morgan fingerprint density at radius 1 is 1.21 bits per heavy atom. The van der Waals surface area contributed by atoms with Gasteiger partial charge in [0, 0.05) is 45.3 Å². The number of aliphatic imine (C=N–C) groups is 1. The number of likely N-dealkylation sites (tertiary alicyclic amines) is 1. The molecule has 1 N–H and O–H groups in total. The lowest BCUT2D eigenvalue weighted by molar-refractivity contribution is 0.0315. The lowest BCUT2D eigenvalue weighted by atomic mass is 10.1. The SMILES string of the molecule is CN=C(NCc1ncc(-c2ccc(C)cc2)o1)N1CCC(CN2CCOCC2)C1. The Morgan fingerprint density at radius 2 is 2.00 bits per heavy atom. The molecule has 0 saturated carbocycles. The number of nitrogens with one attached hydrogen (secondary N) is 1. The zero-order valence-corrected chi connectivity index (χ0v) is 17.4. The Morgan fingerprint density at radius 3 is 2.76 bits per heavy atom. The second-order valence-electron chi connectivity index (χ2n) is 7.90. The van der Waals surface area contributed by atoms with E-state index in [0.717, 1.165) is 63.2 Å². The predicted molar refractivity (Wildman–Crippen MR) is 114 cm³/mol. The molecule has 156 valence electrons. The fourth-order valence-corrected chi connectivity index (χ4v) is 4.05. The van der Waals surface area contributed by atoms with Crippen LogP contribution in [0.1, 0.15) is 17.9 Å². The second kappa shape index (κ2) is 9.41. The highest BCUT2D eigenvalue weighted by atomic mass is 16.5. The number of benzene rings is 1. The van der Waals surface area contributed by atoms with Crippen LogP contribution in [-0.2, 0) is 11.3 Å². The first kappa shape index (κ1) is 19.9. The minimum Gasteiger partial charge on any atom is -0.439 e. The lowest BCUT2D eigenvalue weighted by Crippen LogP contribution is -2.42. The zero-order chi connectivity index (χ0) is 20.1. The number of ether oxygens (including phenoxy) is 1. The van der Waals surface area contributed by atoms with Crippen LogP contribution in [0.5, 0.6) is 0 Å². The molecule has 1 aromatic heterocycles. The molecule has 2 aliphatic rings. The summed E-state index contributed by atoms with van der Waals surface area (Å²) in [6.07, 6.45) is 2.99. The third kappa shape index (κ3) is 5.16. The molecule has 0 radical (unpaired) electrons. The van der Waals surface area contributed by atoms with Crippen molar-refractivity contribution in [3.05, 3.63) is 41.9 Å². The third-order valence-electron chi connectivity index (χ3n) is 5.70. The molecule has 7 nitrogen and oxygen atoms in total. The van der Waals surface area contributed by atoms with E-state index in [1.807, 2.05) is 7.05 Å². The summed E-state index contributed by atoms with van der Waals surface area (Å²) in [6, 6.07) is 8.28. The quantitative estimate of drug-likeness (QED) is 0.617. The summed E-state index contributed by atoms with van der Waals surface area (Å²) in [5.74, 6) is 3.07. The van der Waals surface area contributed by atoms with Crippen LogP contribution < -0.4 is 5.32 Å². The molecule has 3 heterocycles. The summed E-state index contributed by atoms with van der Waals surface area (Å²) >= 11 is 0. The Bertz CT molecular complexity index is 811. The van der Waals surface area contributed by atoms with Crippen molar-refractivity contribution in [2.75, 3.05) is 53.0 Å². The molecule has 7 heteroatoms. The predicted octanol–water partition coefficient (Wildman–Crippen LogP) is 2.38. The van der Waals surface area contributed by atoms with Crippen molar-refractivity contribution < 1.29 is 9.15 Å². The van der Waals surface area contributed by atoms with Crippen LogP contribution in [0, 0.1) is 12.8 Å². The fraction of sp³-hybridized carbons (Fsp3) is 0.545. The molecule has 2 fully saturated rings. The van der Waals surface area contributed by atoms with Gasteiger partial charge in [-0.2, -0.15) is 0 Å². The Kier molecular flexibility index (Phi) is 6.46. The monoisotopic (exact) mass is 397 g/mol. The number of hydrogen-bond acceptors (Lipinski definition) is 5. The van der Waals surface area contributed by atoms with Gasteiger partial charge in [0.15, 0.2) is 11.7 Å². The number of rotatable bonds is 5. The number of nitrogens with zero attached hydrogens (tertiary/aromatic N) is 4. The molecule has 0 amide bonds. The van der Waals surface area contributed by atoms with E-state index < -0.39 is 0 Å². The molecular weight excluding hydrogens is 366 g/mol. The van der Waals surface area contributed by atoms with Crippen molar-refractivity contribution in [1.29, 1.82) is 0 Å². The average Bonchev–Trinajstić information content (AvgIpc) is 3.40. The van der Waals surface area contributed by atoms with E-state index in [1.54, 1.807) is 6.20 Å². The van der Waals surface area contributed by atoms with Gasteiger partial charge in [0.25, 0.3) is 0 Å². The molecule has 29 heavy (non-hydrogen) atoms. The molecule has 1 aromatic carbocycles. The van der Waals surface area contributed by atoms with Gasteiger partial charge in [0.1, 0.15) is 0 Å². The molecule has 0 aliphatic carbocycles. The summed E-state index contributed by atoms with van der Waals surface area (Å²) in [6.45, 7) is 9.66. The minimum atomic E-state index is 0.531. The van der Waals surface area contributed by atoms with Crippen LogP contribution >= 0.6 is 0 Å². The van der Waals surface area contributed by atoms with Gasteiger partial charge >= 0.3 is 0 Å². The van der Waals surface area contributed by atoms with Crippen LogP contribution in [0.4, 0.5) is 0 Å². The Labute approximate surface area is 172 Å². The van der Waals surface area contributed by atoms with E-state index in [-0.39, 0.29) is 0 Å². The highest BCUT2D eigenvalue weighted by Crippen LogP contribution is 2.21. The molecule has 1 unspecified atom stereocenters. The van der Waals surface area contributed by atoms with Crippen molar-refractivity contribution in [3.8, 4) is 11.3 Å². The van der Waals surface area contributed by atoms with Crippen molar-refractivity contribution in [1.82, 2.24) is 20.1 Å². The number of aryl methyl sites for hydroxylation is 1. The summed E-state index contributed by atoms with van der Waals surface area (Å²) in [7, 11) is 1.84. The van der Waals surface area contributed by atoms with Crippen LogP contribution in [0.3, 0.4) is 0 Å². The Balaban J connectivity index is 1.28. The molecule has 2 saturated heterocycles. The third-order valence-corrected chi connectivity index (χ3v) is 5.70. The summed E-state index contributed by atoms with van der Waals surface area (Å²) in [5.41, 5.74) is 2.28. The van der Waals surface area contributed by atoms with E-state index >= 15 is 0 Å². The molecule has 4 rings (SSSR count). The standard InChI is InChI=1S/C22H31N5O2/c1-17-3-5-19(6-4-17)20-13-24-21(29-20)14-25-22(23-2)27-8-7-18(16-27)15-26-9-11-28-12-10-26/h3-6,13,18H,7-12,14-16H2,1-2H3,(H,23,25). The largest absolute Gasteiger partial charge is 0.439 e. The first-order valence-corrected chi connectivity index (χ1v) is 10.5. The Hall–Kier alpha value is -2.38. The molecule has 1 atom stereocenters. The van der Waals surface area contributed by atoms with Gasteiger partial charge in [-0.05, 0) is 19.3 Å². The number of oxazole rings is 1. The highest BCUT2D eigenvalue weighted by Gasteiger charge is 2.27. The highest BCUT2D eigenvalue weighted by molar-refractivity contribution is 5.80. The topological polar surface area (TPSA) is 66.1 Å². The molecule has 0 spiro atoms. The normalized spacial score (nSPS) is 21.0. The van der Waals surface area contributed by atoms with E-state index in [1.165, 1.54) is 12.0 Å². The zero-order valence-electron chi connectivity index (χ0n) is 17.4. The van der Waals surface area contributed by atoms with Gasteiger partial charge in [-0.1, -0.05) is 29.8 Å². The number of morpholine rings is 1. The van der Waals surface area contributed by atoms with Crippen LogP contribution in [0.15, 0.2) is 39.9 Å². The van der Waals surface area contributed by atoms with Crippen molar-refractivity contribution >= 4 is 5.96 Å². The molecular formula is C22H31N5O2. The summed E-state index contributed by atoms with van der Waals surface area (Å²) in [5, 5.41) is 3.41. The van der Waals surface area contributed by atoms with Crippen LogP contribution in [0.2, 0.25) is 0 Å². The number of aromatic nitrogens is 1. The fourth-order valence-electron chi connectivity index (χ4n) is 4.05. The molecule has 0 bridgehead atoms. The van der Waals surface area contributed by atoms with Crippen molar-refractivity contribution in [2.24, 2.45) is 10.9 Å². The van der Waals surface area contributed by atoms with E-state index in [4.69, 9.17) is 9.15 Å².